The van der Waals surface area contributed by atoms with E-state index in [-0.39, 0.29) is 0 Å². The van der Waals surface area contributed by atoms with Gasteiger partial charge in [0.2, 0.25) is 0 Å². The van der Waals surface area contributed by atoms with E-state index in [1.54, 1.807) is 13.3 Å². The average molecular weight is 304 g/mol. The minimum atomic E-state index is 0.645. The lowest BCUT2D eigenvalue weighted by Gasteiger charge is -2.11. The first-order chi connectivity index (χ1) is 10.2. The van der Waals surface area contributed by atoms with E-state index in [9.17, 15) is 0 Å². The van der Waals surface area contributed by atoms with Gasteiger partial charge in [-0.25, -0.2) is 4.98 Å². The Hall–Kier alpha value is -2.04. The summed E-state index contributed by atoms with van der Waals surface area (Å²) in [6.07, 6.45) is 1.77. The fourth-order valence-electron chi connectivity index (χ4n) is 1.77. The van der Waals surface area contributed by atoms with E-state index in [4.69, 9.17) is 16.3 Å². The van der Waals surface area contributed by atoms with Crippen molar-refractivity contribution >= 4 is 28.8 Å². The maximum Gasteiger partial charge on any atom is 0.125 e. The zero-order chi connectivity index (χ0) is 15.1. The number of halogens is 1. The molecule has 110 valence electrons. The molecule has 1 aromatic carbocycles. The highest BCUT2D eigenvalue weighted by atomic mass is 35.5. The van der Waals surface area contributed by atoms with Gasteiger partial charge in [0.1, 0.15) is 5.82 Å². The van der Waals surface area contributed by atoms with Gasteiger partial charge in [0.25, 0.3) is 0 Å². The van der Waals surface area contributed by atoms with Gasteiger partial charge in [0.15, 0.2) is 0 Å². The zero-order valence-corrected chi connectivity index (χ0v) is 12.7. The van der Waals surface area contributed by atoms with Crippen LogP contribution in [0.4, 0.5) is 11.5 Å². The minimum Gasteiger partial charge on any atom is -0.383 e. The molecule has 0 unspecified atom stereocenters. The van der Waals surface area contributed by atoms with Gasteiger partial charge in [-0.2, -0.15) is 0 Å². The van der Waals surface area contributed by atoms with E-state index in [0.717, 1.165) is 29.3 Å². The summed E-state index contributed by atoms with van der Waals surface area (Å²) in [5.74, 6) is 0.811. The smallest absolute Gasteiger partial charge is 0.125 e. The fourth-order valence-corrected chi connectivity index (χ4v) is 1.96. The second-order valence-electron chi connectivity index (χ2n) is 4.47. The van der Waals surface area contributed by atoms with Gasteiger partial charge in [0, 0.05) is 41.8 Å². The molecule has 4 nitrogen and oxygen atoms in total. The molecule has 1 aromatic heterocycles. The molecule has 0 spiro atoms. The van der Waals surface area contributed by atoms with Crippen LogP contribution in [-0.2, 0) is 4.74 Å². The van der Waals surface area contributed by atoms with Crippen molar-refractivity contribution < 1.29 is 4.74 Å². The molecule has 0 aliphatic heterocycles. The molecule has 0 amide bonds. The molecule has 0 aliphatic rings. The summed E-state index contributed by atoms with van der Waals surface area (Å²) < 4.78 is 4.98. The van der Waals surface area contributed by atoms with Crippen LogP contribution in [0.15, 0.2) is 49.2 Å². The molecule has 0 fully saturated rings. The molecule has 2 N–H and O–H groups in total. The van der Waals surface area contributed by atoms with Crippen LogP contribution in [0.3, 0.4) is 0 Å². The Morgan fingerprint density at radius 2 is 2.19 bits per heavy atom. The van der Waals surface area contributed by atoms with Crippen LogP contribution in [0.1, 0.15) is 5.56 Å². The van der Waals surface area contributed by atoms with Gasteiger partial charge < -0.3 is 15.4 Å². The number of ether oxygens (including phenoxy) is 1. The number of benzene rings is 1. The van der Waals surface area contributed by atoms with Crippen molar-refractivity contribution in [1.29, 1.82) is 0 Å². The summed E-state index contributed by atoms with van der Waals surface area (Å²) in [6, 6.07) is 11.4. The quantitative estimate of drug-likeness (QED) is 0.762. The van der Waals surface area contributed by atoms with Crippen molar-refractivity contribution in [3.63, 3.8) is 0 Å². The Balaban J connectivity index is 1.96. The number of aromatic nitrogens is 1. The highest BCUT2D eigenvalue weighted by molar-refractivity contribution is 6.30. The third-order valence-corrected chi connectivity index (χ3v) is 3.08. The molecule has 0 bridgehead atoms. The summed E-state index contributed by atoms with van der Waals surface area (Å²) in [7, 11) is 1.67. The first-order valence-electron chi connectivity index (χ1n) is 6.60. The van der Waals surface area contributed by atoms with Gasteiger partial charge >= 0.3 is 0 Å². The molecule has 0 aliphatic carbocycles. The van der Waals surface area contributed by atoms with Crippen molar-refractivity contribution in [3.05, 3.63) is 59.8 Å². The second-order valence-corrected chi connectivity index (χ2v) is 4.90. The predicted molar refractivity (Wildman–Crippen MR) is 88.7 cm³/mol. The third-order valence-electron chi connectivity index (χ3n) is 2.84. The Morgan fingerprint density at radius 1 is 1.33 bits per heavy atom. The summed E-state index contributed by atoms with van der Waals surface area (Å²) in [4.78, 5) is 4.34. The van der Waals surface area contributed by atoms with Crippen molar-refractivity contribution in [2.45, 2.75) is 0 Å². The Kier molecular flexibility index (Phi) is 5.60. The van der Waals surface area contributed by atoms with Crippen LogP contribution in [0.2, 0.25) is 5.02 Å². The molecular formula is C16H18ClN3O. The van der Waals surface area contributed by atoms with E-state index < -0.39 is 0 Å². The first kappa shape index (κ1) is 15.4. The van der Waals surface area contributed by atoms with E-state index >= 15 is 0 Å². The average Bonchev–Trinajstić information content (AvgIpc) is 2.48. The Bertz CT molecular complexity index is 599. The van der Waals surface area contributed by atoms with Crippen molar-refractivity contribution in [3.8, 4) is 0 Å². The number of methoxy groups -OCH3 is 1. The van der Waals surface area contributed by atoms with E-state index in [0.29, 0.717) is 11.6 Å². The minimum absolute atomic E-state index is 0.645. The lowest BCUT2D eigenvalue weighted by molar-refractivity contribution is 0.210. The molecule has 2 aromatic rings. The van der Waals surface area contributed by atoms with E-state index in [1.807, 2.05) is 36.4 Å². The molecular weight excluding hydrogens is 286 g/mol. The van der Waals surface area contributed by atoms with Gasteiger partial charge in [0.05, 0.1) is 6.61 Å². The monoisotopic (exact) mass is 303 g/mol. The summed E-state index contributed by atoms with van der Waals surface area (Å²) in [5.41, 5.74) is 2.59. The Labute approximate surface area is 129 Å². The number of hydrogen-bond donors (Lipinski definition) is 2. The molecule has 0 saturated carbocycles. The van der Waals surface area contributed by atoms with E-state index in [1.165, 1.54) is 0 Å². The highest BCUT2D eigenvalue weighted by Crippen LogP contribution is 2.20. The van der Waals surface area contributed by atoms with Crippen molar-refractivity contribution in [1.82, 2.24) is 4.98 Å². The normalized spacial score (nSPS) is 10.2. The highest BCUT2D eigenvalue weighted by Gasteiger charge is 2.01. The molecule has 21 heavy (non-hydrogen) atoms. The van der Waals surface area contributed by atoms with Crippen LogP contribution < -0.4 is 10.6 Å². The zero-order valence-electron chi connectivity index (χ0n) is 11.9. The number of rotatable bonds is 7. The topological polar surface area (TPSA) is 46.2 Å². The van der Waals surface area contributed by atoms with Crippen LogP contribution >= 0.6 is 11.6 Å². The molecule has 1 heterocycles. The van der Waals surface area contributed by atoms with Crippen LogP contribution in [-0.4, -0.2) is 25.2 Å². The third kappa shape index (κ3) is 4.77. The number of hydrogen-bond acceptors (Lipinski definition) is 4. The maximum absolute atomic E-state index is 5.96. The molecule has 0 radical (unpaired) electrons. The summed E-state index contributed by atoms with van der Waals surface area (Å²) >= 11 is 5.96. The van der Waals surface area contributed by atoms with Gasteiger partial charge in [-0.3, -0.25) is 0 Å². The Morgan fingerprint density at radius 3 is 2.86 bits per heavy atom. The molecule has 0 atom stereocenters. The first-order valence-corrected chi connectivity index (χ1v) is 6.97. The SMILES string of the molecule is C=C(Nc1cccc(Cl)c1)c1ccc(NCCOC)nc1. The largest absolute Gasteiger partial charge is 0.383 e. The van der Waals surface area contributed by atoms with Crippen LogP contribution in [0, 0.1) is 0 Å². The van der Waals surface area contributed by atoms with Crippen LogP contribution in [0.5, 0.6) is 0 Å². The van der Waals surface area contributed by atoms with Crippen LogP contribution in [0.25, 0.3) is 5.70 Å². The summed E-state index contributed by atoms with van der Waals surface area (Å²) in [6.45, 7) is 5.39. The number of pyridine rings is 1. The summed E-state index contributed by atoms with van der Waals surface area (Å²) in [5, 5.41) is 7.06. The maximum atomic E-state index is 5.96. The number of nitrogens with zero attached hydrogens (tertiary/aromatic N) is 1. The fraction of sp³-hybridized carbons (Fsp3) is 0.188. The standard InChI is InChI=1S/C16H18ClN3O/c1-12(20-15-5-3-4-14(17)10-15)13-6-7-16(19-11-13)18-8-9-21-2/h3-7,10-11,20H,1,8-9H2,2H3,(H,18,19). The van der Waals surface area contributed by atoms with Gasteiger partial charge in [-0.05, 0) is 30.3 Å². The second kappa shape index (κ2) is 7.67. The van der Waals surface area contributed by atoms with Crippen molar-refractivity contribution in [2.75, 3.05) is 30.9 Å². The molecule has 2 rings (SSSR count). The molecule has 0 saturated heterocycles. The number of anilines is 2. The lowest BCUT2D eigenvalue weighted by atomic mass is 10.2. The molecule has 5 heteroatoms. The van der Waals surface area contributed by atoms with Gasteiger partial charge in [-0.1, -0.05) is 24.2 Å². The predicted octanol–water partition coefficient (Wildman–Crippen LogP) is 3.88. The van der Waals surface area contributed by atoms with Crippen molar-refractivity contribution in [2.24, 2.45) is 0 Å². The van der Waals surface area contributed by atoms with Gasteiger partial charge in [-0.15, -0.1) is 0 Å². The lowest BCUT2D eigenvalue weighted by Crippen LogP contribution is -2.08. The van der Waals surface area contributed by atoms with E-state index in [2.05, 4.69) is 22.2 Å². The number of nitrogens with one attached hydrogen (secondary N) is 2.